The van der Waals surface area contributed by atoms with E-state index in [2.05, 4.69) is 116 Å². The Labute approximate surface area is 848 Å². The number of Topliss-reactive ketones (excluding diaryl/α,β-unsaturated/α-hetero) is 7. The molecule has 38 nitrogen and oxygen atoms in total. The lowest BCUT2D eigenvalue weighted by Gasteiger charge is -2.37. The van der Waals surface area contributed by atoms with Gasteiger partial charge in [-0.2, -0.15) is 0 Å². The number of halogens is 4. The molecule has 0 bridgehead atoms. The van der Waals surface area contributed by atoms with Crippen molar-refractivity contribution in [1.29, 1.82) is 0 Å². The molecule has 2 N–H and O–H groups in total. The van der Waals surface area contributed by atoms with Crippen LogP contribution in [0.4, 0.5) is 4.79 Å². The van der Waals surface area contributed by atoms with Gasteiger partial charge in [0, 0.05) is 116 Å². The first kappa shape index (κ1) is 126. The van der Waals surface area contributed by atoms with Gasteiger partial charge in [0.05, 0.1) is 111 Å². The molecule has 4 aliphatic heterocycles. The Morgan fingerprint density at radius 2 is 0.683 bits per heavy atom. The zero-order valence-electron chi connectivity index (χ0n) is 80.3. The van der Waals surface area contributed by atoms with E-state index in [1.165, 1.54) is 18.7 Å². The van der Waals surface area contributed by atoms with Crippen LogP contribution in [0, 0.1) is 0 Å². The fourth-order valence-corrected chi connectivity index (χ4v) is 14.9. The van der Waals surface area contributed by atoms with Crippen LogP contribution in [0.25, 0.3) is 0 Å². The molecule has 4 fully saturated rings. The van der Waals surface area contributed by atoms with Gasteiger partial charge in [0.25, 0.3) is 47.3 Å². The largest absolute Gasteiger partial charge is 0.444 e. The summed E-state index contributed by atoms with van der Waals surface area (Å²) < 4.78 is 36.0. The maximum absolute atomic E-state index is 13.7. The van der Waals surface area contributed by atoms with Crippen LogP contribution in [0.3, 0.4) is 0 Å². The molecule has 4 saturated heterocycles. The minimum atomic E-state index is -1.08. The molecule has 0 saturated carbocycles. The number of alkyl halides is 4. The number of unbranched alkanes of at least 4 members (excludes halogenated alkanes) is 4. The minimum absolute atomic E-state index is 0.0122. The van der Waals surface area contributed by atoms with Crippen molar-refractivity contribution >= 4 is 199 Å². The summed E-state index contributed by atoms with van der Waals surface area (Å²) >= 11 is 13.8. The first-order valence-corrected chi connectivity index (χ1v) is 51.4. The van der Waals surface area contributed by atoms with E-state index in [4.69, 9.17) is 47.7 Å². The molecule has 0 radical (unpaired) electrons. The van der Waals surface area contributed by atoms with Gasteiger partial charge >= 0.3 is 30.0 Å². The summed E-state index contributed by atoms with van der Waals surface area (Å²) in [5.74, 6) is -6.65. The number of nitrogens with one attached hydrogen (secondary N) is 2. The number of ketones is 7. The van der Waals surface area contributed by atoms with E-state index in [-0.39, 0.29) is 141 Å². The topological polar surface area (TPSA) is 497 Å². The number of benzene rings is 3. The molecular weight excluding hydrogens is 2100 g/mol. The third-order valence-corrected chi connectivity index (χ3v) is 23.9. The average Bonchev–Trinajstić information content (AvgIpc) is 0.998. The first-order chi connectivity index (χ1) is 66.3. The van der Waals surface area contributed by atoms with Crippen molar-refractivity contribution in [2.24, 2.45) is 0 Å². The Morgan fingerprint density at radius 1 is 0.360 bits per heavy atom. The summed E-state index contributed by atoms with van der Waals surface area (Å²) in [5.41, 5.74) is 2.22. The molecule has 139 heavy (non-hydrogen) atoms. The van der Waals surface area contributed by atoms with Crippen molar-refractivity contribution in [3.63, 3.8) is 0 Å². The fraction of sp³-hybridized carbons (Fsp3) is 0.594. The normalized spacial score (nSPS) is 14.0. The lowest BCUT2D eigenvalue weighted by Crippen LogP contribution is -2.46. The number of carbonyl (C=O) groups excluding carboxylic acids is 21. The Bertz CT molecular complexity index is 4260. The van der Waals surface area contributed by atoms with Crippen LogP contribution in [0.15, 0.2) is 91.0 Å². The molecular formula is C96H132Br4N6O32S. The Kier molecular flexibility index (Phi) is 66.5. The van der Waals surface area contributed by atoms with Gasteiger partial charge in [-0.25, -0.2) is 24.0 Å². The van der Waals surface area contributed by atoms with E-state index >= 15 is 0 Å². The molecule has 3 unspecified atom stereocenters. The van der Waals surface area contributed by atoms with Crippen LogP contribution < -0.4 is 10.6 Å². The van der Waals surface area contributed by atoms with Crippen LogP contribution in [0.5, 0.6) is 0 Å². The van der Waals surface area contributed by atoms with Crippen LogP contribution in [-0.4, -0.2) is 267 Å². The molecule has 0 aliphatic carbocycles. The molecule has 7 rings (SSSR count). The molecule has 4 aliphatic rings. The van der Waals surface area contributed by atoms with E-state index in [9.17, 15) is 101 Å². The zero-order chi connectivity index (χ0) is 104. The number of nitrogens with zero attached hydrogens (tertiary/aromatic N) is 4. The van der Waals surface area contributed by atoms with Crippen LogP contribution in [0.2, 0.25) is 0 Å². The highest BCUT2D eigenvalue weighted by Gasteiger charge is 2.44. The highest BCUT2D eigenvalue weighted by molar-refractivity contribution is 9.10. The Hall–Kier alpha value is -9.44. The molecule has 0 aromatic heterocycles. The SMILES string of the molecule is CC(C)(C)OC(=O)NC(CCCCCC(=O)CBr)C(=O)ON1C(=O)CCC1=O.CCC(=O)CCCOCCOCCC(C)=O.CCC(=O)NC(C)C(C)=O.O=C(CBr)CCC(=O)ON1C(=O)CCC1=O.O=C(CBr)CCCCCC(SC(c1ccccc1)(c1ccccc1)c1ccccc1)C(=O)ON1C(=O)CCC1=O.O=C(CBr)CCCOCCOCCOCCOCCC(=O)ON1C(=O)CCC1=O. The second-order valence-electron chi connectivity index (χ2n) is 32.3. The summed E-state index contributed by atoms with van der Waals surface area (Å²) in [6.45, 7) is 18.5. The summed E-state index contributed by atoms with van der Waals surface area (Å²) in [6.07, 6.45) is 9.02. The Balaban J connectivity index is 0.000000594. The number of thioether (sulfide) groups is 1. The standard InChI is InChI=1S/C32H32BrNO5S.C18H27BrN2O7.C18H28BrNO9.C12H22O4.C9H10BrNO5.C7H13NO2/c33-23-27(35)19-11-4-12-20-28(31(38)39-34-29(36)21-22-30(34)37)40-32(24-13-5-1-6-14-24,25-15-7-2-8-16-25)26-17-9-3-10-18-26;1-18(2,3)27-17(26)20-13(8-6-4-5-7-12(22)11-19)16(25)28-21-14(23)9-10-15(21)24;19-14-15(21)2-1-6-25-8-10-27-12-13-28-11-9-26-7-5-18(24)29-20-16(22)3-4-17(20)23;1-3-12(14)5-4-7-15-9-10-16-8-6-11(2)13;10-5-6(12)1-4-9(15)16-11-7(13)2-3-8(11)14;1-4-7(10)8-5(2)6(3)9/h1-3,5-10,13-18,28H,4,11-12,19-23H2;13H,4-11H2,1-3H3,(H,20,26);1-14H2;3-10H2,1-2H3;1-5H2;5H,4H2,1-3H3,(H,8,10). The van der Waals surface area contributed by atoms with Gasteiger partial charge in [0.2, 0.25) is 5.91 Å². The second-order valence-corrected chi connectivity index (χ2v) is 35.9. The van der Waals surface area contributed by atoms with Gasteiger partial charge in [0.1, 0.15) is 51.6 Å². The van der Waals surface area contributed by atoms with E-state index in [0.29, 0.717) is 192 Å². The lowest BCUT2D eigenvalue weighted by atomic mass is 9.84. The number of amides is 10. The van der Waals surface area contributed by atoms with E-state index in [1.54, 1.807) is 41.5 Å². The maximum atomic E-state index is 13.7. The summed E-state index contributed by atoms with van der Waals surface area (Å²) in [4.78, 5) is 261. The van der Waals surface area contributed by atoms with Crippen LogP contribution in [-0.2, 0) is 153 Å². The molecule has 3 atom stereocenters. The molecule has 772 valence electrons. The number of imide groups is 4. The number of hydrogen-bond donors (Lipinski definition) is 2. The fourth-order valence-electron chi connectivity index (χ4n) is 12.1. The summed E-state index contributed by atoms with van der Waals surface area (Å²) in [5, 5.41) is 7.52. The molecule has 3 aromatic carbocycles. The van der Waals surface area contributed by atoms with Gasteiger partial charge in [0.15, 0.2) is 5.78 Å². The van der Waals surface area contributed by atoms with Crippen molar-refractivity contribution in [3.05, 3.63) is 108 Å². The second kappa shape index (κ2) is 73.6. The van der Waals surface area contributed by atoms with Gasteiger partial charge in [-0.15, -0.1) is 32.0 Å². The minimum Gasteiger partial charge on any atom is -0.444 e. The molecule has 3 aromatic rings. The average molecular weight is 2230 g/mol. The molecule has 4 heterocycles. The van der Waals surface area contributed by atoms with Crippen molar-refractivity contribution in [3.8, 4) is 0 Å². The van der Waals surface area contributed by atoms with Gasteiger partial charge in [-0.3, -0.25) is 76.7 Å². The molecule has 10 amide bonds. The molecule has 0 spiro atoms. The van der Waals surface area contributed by atoms with Gasteiger partial charge < -0.3 is 63.1 Å². The quantitative estimate of drug-likeness (QED) is 0.0229. The summed E-state index contributed by atoms with van der Waals surface area (Å²) in [6, 6.07) is 28.6. The van der Waals surface area contributed by atoms with Gasteiger partial charge in [-0.05, 0) is 96.8 Å². The van der Waals surface area contributed by atoms with Crippen LogP contribution >= 0.6 is 75.5 Å². The third-order valence-electron chi connectivity index (χ3n) is 19.7. The third kappa shape index (κ3) is 55.0. The van der Waals surface area contributed by atoms with E-state index in [1.807, 2.05) is 61.5 Å². The van der Waals surface area contributed by atoms with Crippen molar-refractivity contribution in [1.82, 2.24) is 30.9 Å². The number of carbonyl (C=O) groups is 21. The van der Waals surface area contributed by atoms with Crippen LogP contribution in [0.1, 0.15) is 252 Å². The highest BCUT2D eigenvalue weighted by Crippen LogP contribution is 2.51. The zero-order valence-corrected chi connectivity index (χ0v) is 87.4. The van der Waals surface area contributed by atoms with E-state index < -0.39 is 98.9 Å². The van der Waals surface area contributed by atoms with Crippen molar-refractivity contribution in [2.75, 3.05) is 101 Å². The van der Waals surface area contributed by atoms with Crippen molar-refractivity contribution < 1.29 is 153 Å². The number of hydrogen-bond acceptors (Lipinski definition) is 33. The first-order valence-electron chi connectivity index (χ1n) is 46.0. The lowest BCUT2D eigenvalue weighted by molar-refractivity contribution is -0.199. The predicted molar refractivity (Wildman–Crippen MR) is 520 cm³/mol. The summed E-state index contributed by atoms with van der Waals surface area (Å²) in [7, 11) is 0. The van der Waals surface area contributed by atoms with E-state index in [0.717, 1.165) is 36.0 Å². The maximum Gasteiger partial charge on any atom is 0.408 e. The highest BCUT2D eigenvalue weighted by atomic mass is 79.9. The van der Waals surface area contributed by atoms with Gasteiger partial charge in [-0.1, -0.05) is 194 Å². The number of alkyl carbamates (subject to hydrolysis) is 1. The number of rotatable bonds is 61. The smallest absolute Gasteiger partial charge is 0.408 e. The number of ether oxygens (including phenoxy) is 7. The van der Waals surface area contributed by atoms with Crippen molar-refractivity contribution in [2.45, 2.75) is 263 Å². The Morgan fingerprint density at radius 3 is 1.04 bits per heavy atom. The number of hydroxylamine groups is 8. The predicted octanol–water partition coefficient (Wildman–Crippen LogP) is 12.4. The molecule has 43 heteroatoms. The monoisotopic (exact) mass is 2230 g/mol.